The predicted octanol–water partition coefficient (Wildman–Crippen LogP) is 3.51. The molecule has 0 bridgehead atoms. The molecule has 4 rings (SSSR count). The number of benzene rings is 2. The molecule has 0 saturated carbocycles. The van der Waals surface area contributed by atoms with Crippen LogP contribution in [0, 0.1) is 0 Å². The Morgan fingerprint density at radius 3 is 2.63 bits per heavy atom. The number of nitrogens with zero attached hydrogens (tertiary/aromatic N) is 2. The van der Waals surface area contributed by atoms with E-state index >= 15 is 0 Å². The van der Waals surface area contributed by atoms with E-state index in [1.807, 2.05) is 12.1 Å². The number of aromatic nitrogens is 1. The zero-order chi connectivity index (χ0) is 21.3. The molecule has 3 aromatic rings. The summed E-state index contributed by atoms with van der Waals surface area (Å²) in [5.74, 6) is 0.687. The van der Waals surface area contributed by atoms with Gasteiger partial charge < -0.3 is 18.8 Å². The fourth-order valence-corrected chi connectivity index (χ4v) is 4.28. The summed E-state index contributed by atoms with van der Waals surface area (Å²) in [6.45, 7) is 5.14. The van der Waals surface area contributed by atoms with Gasteiger partial charge in [-0.15, -0.1) is 0 Å². The molecule has 1 aliphatic heterocycles. The molecule has 0 saturated heterocycles. The van der Waals surface area contributed by atoms with Gasteiger partial charge in [-0.25, -0.2) is 0 Å². The van der Waals surface area contributed by atoms with E-state index in [0.29, 0.717) is 41.0 Å². The second-order valence-electron chi connectivity index (χ2n) is 7.20. The fraction of sp³-hybridized carbons (Fsp3) is 0.318. The summed E-state index contributed by atoms with van der Waals surface area (Å²) < 4.78 is 18.6. The molecule has 7 nitrogen and oxygen atoms in total. The summed E-state index contributed by atoms with van der Waals surface area (Å²) in [6.07, 6.45) is 0. The maximum atomic E-state index is 12.9. The monoisotopic (exact) mass is 426 g/mol. The first-order valence-corrected chi connectivity index (χ1v) is 10.5. The van der Waals surface area contributed by atoms with Crippen LogP contribution in [0.1, 0.15) is 35.7 Å². The van der Waals surface area contributed by atoms with Gasteiger partial charge in [0, 0.05) is 5.56 Å². The number of carbonyl (C=O) groups excluding carboxylic acids is 2. The van der Waals surface area contributed by atoms with E-state index in [0.717, 1.165) is 10.2 Å². The Morgan fingerprint density at radius 2 is 1.90 bits per heavy atom. The topological polar surface area (TPSA) is 79.1 Å². The van der Waals surface area contributed by atoms with E-state index in [-0.39, 0.29) is 6.54 Å². The molecular weight excluding hydrogens is 404 g/mol. The highest BCUT2D eigenvalue weighted by Crippen LogP contribution is 2.31. The number of thiazole rings is 1. The Labute approximate surface area is 177 Å². The zero-order valence-corrected chi connectivity index (χ0v) is 17.8. The lowest BCUT2D eigenvalue weighted by Gasteiger charge is -2.18. The standard InChI is InChI=1S/C22H22N2O5S/c1-13(2)14-4-6-16-19(11-14)30-22(24(16)12-20(25)27-3)23-21(26)15-5-7-17-18(10-15)29-9-8-28-17/h4-7,10-11,13H,8-9,12H2,1-3H3. The maximum absolute atomic E-state index is 12.9. The van der Waals surface area contributed by atoms with Gasteiger partial charge in [0.25, 0.3) is 5.91 Å². The Balaban J connectivity index is 1.79. The molecule has 0 spiro atoms. The number of hydrogen-bond donors (Lipinski definition) is 0. The van der Waals surface area contributed by atoms with Crippen molar-refractivity contribution in [2.24, 2.45) is 4.99 Å². The molecule has 0 N–H and O–H groups in total. The van der Waals surface area contributed by atoms with Crippen LogP contribution in [0.4, 0.5) is 0 Å². The summed E-state index contributed by atoms with van der Waals surface area (Å²) in [7, 11) is 1.34. The van der Waals surface area contributed by atoms with Crippen LogP contribution in [0.25, 0.3) is 10.2 Å². The van der Waals surface area contributed by atoms with Crippen molar-refractivity contribution in [1.29, 1.82) is 0 Å². The predicted molar refractivity (Wildman–Crippen MR) is 113 cm³/mol. The van der Waals surface area contributed by atoms with Crippen LogP contribution in [0.5, 0.6) is 11.5 Å². The Bertz CT molecular complexity index is 1190. The number of methoxy groups -OCH3 is 1. The molecule has 0 radical (unpaired) electrons. The summed E-state index contributed by atoms with van der Waals surface area (Å²) in [4.78, 5) is 29.6. The minimum Gasteiger partial charge on any atom is -0.486 e. The zero-order valence-electron chi connectivity index (χ0n) is 17.0. The summed E-state index contributed by atoms with van der Waals surface area (Å²) in [5, 5.41) is 0. The van der Waals surface area contributed by atoms with E-state index in [9.17, 15) is 9.59 Å². The fourth-order valence-electron chi connectivity index (χ4n) is 3.21. The van der Waals surface area contributed by atoms with Crippen molar-refractivity contribution in [3.63, 3.8) is 0 Å². The molecule has 0 fully saturated rings. The molecule has 8 heteroatoms. The van der Waals surface area contributed by atoms with Gasteiger partial charge in [0.15, 0.2) is 16.3 Å². The van der Waals surface area contributed by atoms with E-state index < -0.39 is 11.9 Å². The van der Waals surface area contributed by atoms with Crippen LogP contribution in [-0.4, -0.2) is 36.8 Å². The molecule has 0 atom stereocenters. The number of amides is 1. The van der Waals surface area contributed by atoms with Gasteiger partial charge in [0.1, 0.15) is 19.8 Å². The van der Waals surface area contributed by atoms with Crippen LogP contribution in [0.3, 0.4) is 0 Å². The van der Waals surface area contributed by atoms with Crippen LogP contribution in [-0.2, 0) is 16.1 Å². The van der Waals surface area contributed by atoms with E-state index in [1.54, 1.807) is 22.8 Å². The van der Waals surface area contributed by atoms with Gasteiger partial charge in [-0.05, 0) is 41.8 Å². The highest BCUT2D eigenvalue weighted by molar-refractivity contribution is 7.16. The van der Waals surface area contributed by atoms with E-state index in [4.69, 9.17) is 14.2 Å². The quantitative estimate of drug-likeness (QED) is 0.597. The number of fused-ring (bicyclic) bond motifs is 2. The minimum absolute atomic E-state index is 0.0230. The summed E-state index contributed by atoms with van der Waals surface area (Å²) in [5.41, 5.74) is 2.41. The van der Waals surface area contributed by atoms with E-state index in [2.05, 4.69) is 24.9 Å². The molecular formula is C22H22N2O5S. The second kappa shape index (κ2) is 8.31. The Morgan fingerprint density at radius 1 is 1.13 bits per heavy atom. The highest BCUT2D eigenvalue weighted by Gasteiger charge is 2.16. The van der Waals surface area contributed by atoms with Crippen molar-refractivity contribution in [3.8, 4) is 11.5 Å². The first-order chi connectivity index (χ1) is 14.5. The van der Waals surface area contributed by atoms with Crippen molar-refractivity contribution >= 4 is 33.4 Å². The molecule has 156 valence electrons. The van der Waals surface area contributed by atoms with Crippen molar-refractivity contribution in [1.82, 2.24) is 4.57 Å². The van der Waals surface area contributed by atoms with Crippen LogP contribution < -0.4 is 14.3 Å². The smallest absolute Gasteiger partial charge is 0.325 e. The SMILES string of the molecule is COC(=O)Cn1c(=NC(=O)c2ccc3c(c2)OCCO3)sc2cc(C(C)C)ccc21. The largest absolute Gasteiger partial charge is 0.486 e. The lowest BCUT2D eigenvalue weighted by Crippen LogP contribution is -2.22. The third kappa shape index (κ3) is 3.95. The number of carbonyl (C=O) groups is 2. The average molecular weight is 426 g/mol. The maximum Gasteiger partial charge on any atom is 0.325 e. The van der Waals surface area contributed by atoms with Gasteiger partial charge in [-0.2, -0.15) is 4.99 Å². The van der Waals surface area contributed by atoms with Gasteiger partial charge >= 0.3 is 5.97 Å². The van der Waals surface area contributed by atoms with Gasteiger partial charge in [-0.1, -0.05) is 31.3 Å². The van der Waals surface area contributed by atoms with Crippen molar-refractivity contribution in [2.75, 3.05) is 20.3 Å². The molecule has 1 aromatic heterocycles. The van der Waals surface area contributed by atoms with E-state index in [1.165, 1.54) is 24.0 Å². The first kappa shape index (κ1) is 20.2. The number of ether oxygens (including phenoxy) is 3. The second-order valence-corrected chi connectivity index (χ2v) is 8.21. The third-order valence-electron chi connectivity index (χ3n) is 4.87. The molecule has 0 unspecified atom stereocenters. The minimum atomic E-state index is -0.416. The van der Waals surface area contributed by atoms with Crippen molar-refractivity contribution in [3.05, 3.63) is 52.3 Å². The highest BCUT2D eigenvalue weighted by atomic mass is 32.1. The Kier molecular flexibility index (Phi) is 5.59. The van der Waals surface area contributed by atoms with Crippen LogP contribution in [0.2, 0.25) is 0 Å². The number of rotatable bonds is 4. The molecule has 1 aliphatic rings. The van der Waals surface area contributed by atoms with Gasteiger partial charge in [0.05, 0.1) is 17.3 Å². The first-order valence-electron chi connectivity index (χ1n) is 9.65. The molecule has 30 heavy (non-hydrogen) atoms. The van der Waals surface area contributed by atoms with Crippen molar-refractivity contribution < 1.29 is 23.8 Å². The normalized spacial score (nSPS) is 13.7. The third-order valence-corrected chi connectivity index (χ3v) is 5.92. The molecule has 1 amide bonds. The number of esters is 1. The lowest BCUT2D eigenvalue weighted by molar-refractivity contribution is -0.141. The summed E-state index contributed by atoms with van der Waals surface area (Å²) in [6, 6.07) is 11.1. The number of hydrogen-bond acceptors (Lipinski definition) is 6. The molecule has 0 aliphatic carbocycles. The van der Waals surface area contributed by atoms with Gasteiger partial charge in [0.2, 0.25) is 0 Å². The molecule has 2 aromatic carbocycles. The average Bonchev–Trinajstić information content (AvgIpc) is 3.09. The van der Waals surface area contributed by atoms with Crippen molar-refractivity contribution in [2.45, 2.75) is 26.3 Å². The van der Waals surface area contributed by atoms with Gasteiger partial charge in [-0.3, -0.25) is 9.59 Å². The molecule has 2 heterocycles. The van der Waals surface area contributed by atoms with Crippen LogP contribution >= 0.6 is 11.3 Å². The van der Waals surface area contributed by atoms with Crippen LogP contribution in [0.15, 0.2) is 41.4 Å². The Hall–Kier alpha value is -3.13. The lowest BCUT2D eigenvalue weighted by atomic mass is 10.0. The summed E-state index contributed by atoms with van der Waals surface area (Å²) >= 11 is 1.37.